The number of carboxylic acid groups (broad SMARTS) is 1. The number of aromatic nitrogens is 3. The lowest BCUT2D eigenvalue weighted by atomic mass is 10.2. The summed E-state index contributed by atoms with van der Waals surface area (Å²) in [5, 5.41) is 12.8. The van der Waals surface area contributed by atoms with Crippen LogP contribution in [0.5, 0.6) is 0 Å². The summed E-state index contributed by atoms with van der Waals surface area (Å²) in [6.45, 7) is 5.84. The predicted molar refractivity (Wildman–Crippen MR) is 69.9 cm³/mol. The fourth-order valence-electron chi connectivity index (χ4n) is 1.72. The van der Waals surface area contributed by atoms with Gasteiger partial charge in [-0.15, -0.1) is 0 Å². The molecule has 106 valence electrons. The van der Waals surface area contributed by atoms with Crippen molar-refractivity contribution in [2.24, 2.45) is 0 Å². The molecule has 2 aromatic heterocycles. The molecule has 2 aromatic rings. The Labute approximate surface area is 114 Å². The number of hydrogen-bond donors (Lipinski definition) is 1. The van der Waals surface area contributed by atoms with E-state index in [1.807, 2.05) is 13.8 Å². The minimum absolute atomic E-state index is 0.126. The van der Waals surface area contributed by atoms with Crippen molar-refractivity contribution in [3.8, 4) is 0 Å². The van der Waals surface area contributed by atoms with E-state index < -0.39 is 11.4 Å². The number of hydrogen-bond acceptors (Lipinski definition) is 5. The van der Waals surface area contributed by atoms with Crippen molar-refractivity contribution in [3.63, 3.8) is 0 Å². The van der Waals surface area contributed by atoms with Crippen molar-refractivity contribution in [2.75, 3.05) is 0 Å². The zero-order chi connectivity index (χ0) is 14.9. The number of carbonyl (C=O) groups is 1. The predicted octanol–water partition coefficient (Wildman–Crippen LogP) is 1.41. The first-order chi connectivity index (χ1) is 9.38. The van der Waals surface area contributed by atoms with Crippen LogP contribution in [0.2, 0.25) is 0 Å². The molecule has 0 fully saturated rings. The molecule has 0 aliphatic rings. The van der Waals surface area contributed by atoms with E-state index >= 15 is 0 Å². The standard InChI is InChI=1S/C13H15N3O4/c1-7(2)12-14-11(15-20-12)6-16-5-9(13(18)19)10(17)4-8(16)3/h4-5,7H,6H2,1-3H3,(H,18,19). The maximum atomic E-state index is 11.5. The maximum Gasteiger partial charge on any atom is 0.341 e. The lowest BCUT2D eigenvalue weighted by molar-refractivity contribution is 0.0694. The highest BCUT2D eigenvalue weighted by atomic mass is 16.5. The summed E-state index contributed by atoms with van der Waals surface area (Å²) in [6.07, 6.45) is 1.30. The molecule has 0 atom stereocenters. The molecule has 0 aliphatic carbocycles. The van der Waals surface area contributed by atoms with E-state index in [4.69, 9.17) is 9.63 Å². The third-order valence-corrected chi connectivity index (χ3v) is 2.86. The molecule has 2 rings (SSSR count). The smallest absolute Gasteiger partial charge is 0.341 e. The Balaban J connectivity index is 2.35. The lowest BCUT2D eigenvalue weighted by Gasteiger charge is -2.08. The van der Waals surface area contributed by atoms with E-state index in [0.29, 0.717) is 17.4 Å². The second-order valence-electron chi connectivity index (χ2n) is 4.83. The van der Waals surface area contributed by atoms with Crippen LogP contribution in [0.25, 0.3) is 0 Å². The molecule has 7 nitrogen and oxygen atoms in total. The minimum atomic E-state index is -1.25. The summed E-state index contributed by atoms with van der Waals surface area (Å²) in [5.74, 6) is -0.158. The Hall–Kier alpha value is -2.44. The summed E-state index contributed by atoms with van der Waals surface area (Å²) >= 11 is 0. The van der Waals surface area contributed by atoms with Gasteiger partial charge in [0.05, 0.1) is 6.54 Å². The van der Waals surface area contributed by atoms with E-state index in [0.717, 1.165) is 0 Å². The lowest BCUT2D eigenvalue weighted by Crippen LogP contribution is -2.19. The molecule has 0 saturated heterocycles. The second-order valence-corrected chi connectivity index (χ2v) is 4.83. The van der Waals surface area contributed by atoms with Gasteiger partial charge in [0.1, 0.15) is 5.56 Å². The van der Waals surface area contributed by atoms with Gasteiger partial charge in [-0.1, -0.05) is 19.0 Å². The Bertz CT molecular complexity index is 700. The molecule has 0 aliphatic heterocycles. The van der Waals surface area contributed by atoms with Crippen LogP contribution in [0.1, 0.15) is 47.5 Å². The third kappa shape index (κ3) is 2.76. The van der Waals surface area contributed by atoms with Crippen molar-refractivity contribution < 1.29 is 14.4 Å². The monoisotopic (exact) mass is 277 g/mol. The highest BCUT2D eigenvalue weighted by Gasteiger charge is 2.14. The van der Waals surface area contributed by atoms with Crippen LogP contribution >= 0.6 is 0 Å². The summed E-state index contributed by atoms with van der Waals surface area (Å²) < 4.78 is 6.70. The van der Waals surface area contributed by atoms with Gasteiger partial charge in [0, 0.05) is 23.9 Å². The summed E-state index contributed by atoms with van der Waals surface area (Å²) in [5.41, 5.74) is -0.152. The van der Waals surface area contributed by atoms with Crippen LogP contribution in [0.15, 0.2) is 21.6 Å². The minimum Gasteiger partial charge on any atom is -0.477 e. The average molecular weight is 277 g/mol. The molecular formula is C13H15N3O4. The van der Waals surface area contributed by atoms with Crippen LogP contribution < -0.4 is 5.43 Å². The Morgan fingerprint density at radius 2 is 2.20 bits per heavy atom. The van der Waals surface area contributed by atoms with Crippen molar-refractivity contribution >= 4 is 5.97 Å². The van der Waals surface area contributed by atoms with Crippen molar-refractivity contribution in [1.29, 1.82) is 0 Å². The largest absolute Gasteiger partial charge is 0.477 e. The molecular weight excluding hydrogens is 262 g/mol. The van der Waals surface area contributed by atoms with Gasteiger partial charge >= 0.3 is 5.97 Å². The van der Waals surface area contributed by atoms with Gasteiger partial charge in [-0.2, -0.15) is 4.98 Å². The fraction of sp³-hybridized carbons (Fsp3) is 0.385. The molecule has 20 heavy (non-hydrogen) atoms. The first-order valence-corrected chi connectivity index (χ1v) is 6.15. The number of nitrogens with zero attached hydrogens (tertiary/aromatic N) is 3. The fourth-order valence-corrected chi connectivity index (χ4v) is 1.72. The number of pyridine rings is 1. The number of rotatable bonds is 4. The van der Waals surface area contributed by atoms with Crippen molar-refractivity contribution in [3.05, 3.63) is 45.5 Å². The molecule has 0 unspecified atom stereocenters. The zero-order valence-electron chi connectivity index (χ0n) is 11.5. The van der Waals surface area contributed by atoms with Gasteiger partial charge in [-0.05, 0) is 6.92 Å². The highest BCUT2D eigenvalue weighted by molar-refractivity contribution is 5.87. The van der Waals surface area contributed by atoms with E-state index in [-0.39, 0.29) is 18.0 Å². The Morgan fingerprint density at radius 3 is 2.75 bits per heavy atom. The van der Waals surface area contributed by atoms with Gasteiger partial charge in [0.15, 0.2) is 11.3 Å². The van der Waals surface area contributed by atoms with Gasteiger partial charge in [0.25, 0.3) is 0 Å². The molecule has 7 heteroatoms. The Morgan fingerprint density at radius 1 is 1.50 bits per heavy atom. The summed E-state index contributed by atoms with van der Waals surface area (Å²) in [7, 11) is 0. The van der Waals surface area contributed by atoms with Gasteiger partial charge in [0.2, 0.25) is 5.89 Å². The summed E-state index contributed by atoms with van der Waals surface area (Å²) in [4.78, 5) is 26.7. The van der Waals surface area contributed by atoms with Crippen LogP contribution in [-0.2, 0) is 6.54 Å². The van der Waals surface area contributed by atoms with Crippen LogP contribution in [0.4, 0.5) is 0 Å². The van der Waals surface area contributed by atoms with Crippen molar-refractivity contribution in [1.82, 2.24) is 14.7 Å². The second kappa shape index (κ2) is 5.28. The number of carboxylic acids is 1. The summed E-state index contributed by atoms with van der Waals surface area (Å²) in [6, 6.07) is 1.28. The number of aryl methyl sites for hydroxylation is 1. The average Bonchev–Trinajstić information content (AvgIpc) is 2.80. The normalized spacial score (nSPS) is 11.0. The van der Waals surface area contributed by atoms with Crippen molar-refractivity contribution in [2.45, 2.75) is 33.2 Å². The SMILES string of the molecule is Cc1cc(=O)c(C(=O)O)cn1Cc1noc(C(C)C)n1. The maximum absolute atomic E-state index is 11.5. The first-order valence-electron chi connectivity index (χ1n) is 6.15. The molecule has 0 bridgehead atoms. The number of aromatic carboxylic acids is 1. The van der Waals surface area contributed by atoms with Gasteiger partial charge < -0.3 is 14.2 Å². The molecule has 0 aromatic carbocycles. The topological polar surface area (TPSA) is 98.2 Å². The van der Waals surface area contributed by atoms with Gasteiger partial charge in [-0.25, -0.2) is 4.79 Å². The molecule has 2 heterocycles. The van der Waals surface area contributed by atoms with E-state index in [2.05, 4.69) is 10.1 Å². The van der Waals surface area contributed by atoms with Crippen LogP contribution in [0.3, 0.4) is 0 Å². The molecule has 0 radical (unpaired) electrons. The van der Waals surface area contributed by atoms with E-state index in [1.165, 1.54) is 12.3 Å². The Kier molecular flexibility index (Phi) is 3.69. The molecule has 0 amide bonds. The van der Waals surface area contributed by atoms with Crippen LogP contribution in [-0.4, -0.2) is 25.8 Å². The highest BCUT2D eigenvalue weighted by Crippen LogP contribution is 2.12. The zero-order valence-corrected chi connectivity index (χ0v) is 11.5. The first kappa shape index (κ1) is 14.0. The van der Waals surface area contributed by atoms with E-state index in [1.54, 1.807) is 11.5 Å². The van der Waals surface area contributed by atoms with E-state index in [9.17, 15) is 9.59 Å². The third-order valence-electron chi connectivity index (χ3n) is 2.86. The van der Waals surface area contributed by atoms with Crippen LogP contribution in [0, 0.1) is 6.92 Å². The quantitative estimate of drug-likeness (QED) is 0.907. The van der Waals surface area contributed by atoms with Gasteiger partial charge in [-0.3, -0.25) is 4.79 Å². The molecule has 0 spiro atoms. The molecule has 1 N–H and O–H groups in total. The molecule has 0 saturated carbocycles.